The van der Waals surface area contributed by atoms with Gasteiger partial charge in [0, 0.05) is 23.7 Å². The Bertz CT molecular complexity index is 743. The van der Waals surface area contributed by atoms with Crippen LogP contribution in [0.1, 0.15) is 23.7 Å². The number of nitrogens with zero attached hydrogens (tertiary/aromatic N) is 1. The molecule has 5 nitrogen and oxygen atoms in total. The predicted octanol–water partition coefficient (Wildman–Crippen LogP) is 4.22. The monoisotopic (exact) mass is 374 g/mol. The molecular weight excluding hydrogens is 352 g/mol. The molecule has 2 aromatic carbocycles. The first-order valence-electron chi connectivity index (χ1n) is 8.84. The summed E-state index contributed by atoms with van der Waals surface area (Å²) in [5.74, 6) is 0.587. The highest BCUT2D eigenvalue weighted by Crippen LogP contribution is 2.30. The molecule has 1 fully saturated rings. The fourth-order valence-corrected chi connectivity index (χ4v) is 2.98. The van der Waals surface area contributed by atoms with Crippen LogP contribution in [0.2, 0.25) is 5.02 Å². The van der Waals surface area contributed by atoms with Gasteiger partial charge in [-0.15, -0.1) is 0 Å². The van der Waals surface area contributed by atoms with Gasteiger partial charge in [0.15, 0.2) is 0 Å². The number of hydrogen-bond donors (Lipinski definition) is 1. The van der Waals surface area contributed by atoms with Gasteiger partial charge in [-0.1, -0.05) is 18.5 Å². The molecule has 6 heteroatoms. The zero-order chi connectivity index (χ0) is 18.4. The summed E-state index contributed by atoms with van der Waals surface area (Å²) in [5.41, 5.74) is 2.23. The van der Waals surface area contributed by atoms with Crippen molar-refractivity contribution in [2.24, 2.45) is 0 Å². The summed E-state index contributed by atoms with van der Waals surface area (Å²) in [6, 6.07) is 12.7. The molecule has 0 unspecified atom stereocenters. The first-order chi connectivity index (χ1) is 12.7. The fourth-order valence-electron chi connectivity index (χ4n) is 2.81. The zero-order valence-corrected chi connectivity index (χ0v) is 15.6. The minimum atomic E-state index is -0.177. The Hall–Kier alpha value is -2.24. The highest BCUT2D eigenvalue weighted by molar-refractivity contribution is 6.31. The Morgan fingerprint density at radius 3 is 2.62 bits per heavy atom. The van der Waals surface area contributed by atoms with Gasteiger partial charge in [0.05, 0.1) is 31.2 Å². The normalized spacial score (nSPS) is 14.2. The van der Waals surface area contributed by atoms with E-state index < -0.39 is 0 Å². The number of anilines is 2. The Labute approximate surface area is 158 Å². The number of morpholine rings is 1. The fraction of sp³-hybridized carbons (Fsp3) is 0.350. The van der Waals surface area contributed by atoms with Gasteiger partial charge in [-0.2, -0.15) is 0 Å². The van der Waals surface area contributed by atoms with E-state index in [4.69, 9.17) is 21.1 Å². The summed E-state index contributed by atoms with van der Waals surface area (Å²) < 4.78 is 11.0. The Morgan fingerprint density at radius 1 is 1.19 bits per heavy atom. The smallest absolute Gasteiger partial charge is 0.255 e. The largest absolute Gasteiger partial charge is 0.494 e. The van der Waals surface area contributed by atoms with Gasteiger partial charge in [-0.05, 0) is 48.9 Å². The van der Waals surface area contributed by atoms with E-state index in [1.807, 2.05) is 24.3 Å². The van der Waals surface area contributed by atoms with Crippen molar-refractivity contribution in [3.63, 3.8) is 0 Å². The summed E-state index contributed by atoms with van der Waals surface area (Å²) in [5, 5.41) is 3.56. The summed E-state index contributed by atoms with van der Waals surface area (Å²) in [6.07, 6.45) is 0.946. The third kappa shape index (κ3) is 4.68. The molecule has 1 aliphatic heterocycles. The number of amides is 1. The molecule has 1 heterocycles. The van der Waals surface area contributed by atoms with Crippen LogP contribution in [-0.4, -0.2) is 38.8 Å². The van der Waals surface area contributed by atoms with Crippen molar-refractivity contribution in [2.45, 2.75) is 13.3 Å². The second-order valence-electron chi connectivity index (χ2n) is 6.09. The predicted molar refractivity (Wildman–Crippen MR) is 105 cm³/mol. The summed E-state index contributed by atoms with van der Waals surface area (Å²) in [4.78, 5) is 14.8. The number of hydrogen-bond acceptors (Lipinski definition) is 4. The average molecular weight is 375 g/mol. The minimum absolute atomic E-state index is 0.177. The number of halogens is 1. The number of benzene rings is 2. The standard InChI is InChI=1S/C20H23ClN2O3/c1-2-11-26-17-6-3-15(4-7-17)20(24)22-18-14-16(21)5-8-19(18)23-9-12-25-13-10-23/h3-8,14H,2,9-13H2,1H3,(H,22,24). The number of nitrogens with one attached hydrogen (secondary N) is 1. The Kier molecular flexibility index (Phi) is 6.36. The maximum Gasteiger partial charge on any atom is 0.255 e. The van der Waals surface area contributed by atoms with E-state index in [0.29, 0.717) is 36.1 Å². The molecule has 0 spiro atoms. The maximum absolute atomic E-state index is 12.6. The number of carbonyl (C=O) groups excluding carboxylic acids is 1. The Balaban J connectivity index is 1.75. The van der Waals surface area contributed by atoms with E-state index in [0.717, 1.165) is 30.9 Å². The summed E-state index contributed by atoms with van der Waals surface area (Å²) in [6.45, 7) is 5.64. The van der Waals surface area contributed by atoms with Gasteiger partial charge in [0.1, 0.15) is 5.75 Å². The second kappa shape index (κ2) is 8.92. The van der Waals surface area contributed by atoms with Gasteiger partial charge in [-0.3, -0.25) is 4.79 Å². The molecule has 138 valence electrons. The van der Waals surface area contributed by atoms with Crippen LogP contribution in [0.25, 0.3) is 0 Å². The van der Waals surface area contributed by atoms with Crippen molar-refractivity contribution in [1.29, 1.82) is 0 Å². The van der Waals surface area contributed by atoms with Crippen molar-refractivity contribution >= 4 is 28.9 Å². The first-order valence-corrected chi connectivity index (χ1v) is 9.21. The van der Waals surface area contributed by atoms with Crippen molar-refractivity contribution in [3.8, 4) is 5.75 Å². The SMILES string of the molecule is CCCOc1ccc(C(=O)Nc2cc(Cl)ccc2N2CCOCC2)cc1. The van der Waals surface area contributed by atoms with E-state index in [1.54, 1.807) is 18.2 Å². The molecule has 0 bridgehead atoms. The number of rotatable bonds is 6. The molecule has 1 aliphatic rings. The zero-order valence-electron chi connectivity index (χ0n) is 14.8. The van der Waals surface area contributed by atoms with Crippen LogP contribution in [-0.2, 0) is 4.74 Å². The van der Waals surface area contributed by atoms with Crippen LogP contribution in [0.15, 0.2) is 42.5 Å². The van der Waals surface area contributed by atoms with E-state index in [-0.39, 0.29) is 5.91 Å². The maximum atomic E-state index is 12.6. The number of ether oxygens (including phenoxy) is 2. The topological polar surface area (TPSA) is 50.8 Å². The van der Waals surface area contributed by atoms with Crippen molar-refractivity contribution < 1.29 is 14.3 Å². The molecule has 1 saturated heterocycles. The lowest BCUT2D eigenvalue weighted by atomic mass is 10.1. The molecule has 0 aromatic heterocycles. The highest BCUT2D eigenvalue weighted by atomic mass is 35.5. The van der Waals surface area contributed by atoms with Crippen LogP contribution < -0.4 is 15.0 Å². The summed E-state index contributed by atoms with van der Waals surface area (Å²) in [7, 11) is 0. The molecule has 0 atom stereocenters. The molecule has 2 aromatic rings. The molecule has 1 N–H and O–H groups in total. The van der Waals surface area contributed by atoms with Gasteiger partial charge in [0.2, 0.25) is 0 Å². The quantitative estimate of drug-likeness (QED) is 0.822. The second-order valence-corrected chi connectivity index (χ2v) is 6.52. The van der Waals surface area contributed by atoms with E-state index in [9.17, 15) is 4.79 Å². The van der Waals surface area contributed by atoms with Crippen molar-refractivity contribution in [1.82, 2.24) is 0 Å². The molecule has 26 heavy (non-hydrogen) atoms. The van der Waals surface area contributed by atoms with Crippen molar-refractivity contribution in [3.05, 3.63) is 53.1 Å². The van der Waals surface area contributed by atoms with Crippen LogP contribution in [0.3, 0.4) is 0 Å². The third-order valence-electron chi connectivity index (χ3n) is 4.15. The van der Waals surface area contributed by atoms with Crippen molar-refractivity contribution in [2.75, 3.05) is 43.1 Å². The minimum Gasteiger partial charge on any atom is -0.494 e. The lowest BCUT2D eigenvalue weighted by Gasteiger charge is -2.30. The van der Waals surface area contributed by atoms with Gasteiger partial charge >= 0.3 is 0 Å². The molecule has 0 saturated carbocycles. The third-order valence-corrected chi connectivity index (χ3v) is 4.38. The summed E-state index contributed by atoms with van der Waals surface area (Å²) >= 11 is 6.14. The molecule has 1 amide bonds. The van der Waals surface area contributed by atoms with E-state index in [1.165, 1.54) is 0 Å². The molecular formula is C20H23ClN2O3. The first kappa shape index (κ1) is 18.5. The lowest BCUT2D eigenvalue weighted by molar-refractivity contribution is 0.102. The van der Waals surface area contributed by atoms with Gasteiger partial charge in [-0.25, -0.2) is 0 Å². The lowest BCUT2D eigenvalue weighted by Crippen LogP contribution is -2.36. The van der Waals surface area contributed by atoms with E-state index in [2.05, 4.69) is 17.1 Å². The average Bonchev–Trinajstić information content (AvgIpc) is 2.67. The molecule has 0 radical (unpaired) electrons. The Morgan fingerprint density at radius 2 is 1.92 bits per heavy atom. The van der Waals surface area contributed by atoms with Crippen LogP contribution in [0.4, 0.5) is 11.4 Å². The molecule has 3 rings (SSSR count). The molecule has 0 aliphatic carbocycles. The van der Waals surface area contributed by atoms with E-state index >= 15 is 0 Å². The van der Waals surface area contributed by atoms with Crippen LogP contribution >= 0.6 is 11.6 Å². The van der Waals surface area contributed by atoms with Gasteiger partial charge in [0.25, 0.3) is 5.91 Å². The van der Waals surface area contributed by atoms with Crippen LogP contribution in [0.5, 0.6) is 5.75 Å². The number of carbonyl (C=O) groups is 1. The highest BCUT2D eigenvalue weighted by Gasteiger charge is 2.17. The van der Waals surface area contributed by atoms with Crippen LogP contribution in [0, 0.1) is 0 Å². The van der Waals surface area contributed by atoms with Gasteiger partial charge < -0.3 is 19.7 Å².